The fraction of sp³-hybridized carbons (Fsp3) is 0.583. The van der Waals surface area contributed by atoms with Gasteiger partial charge in [-0.2, -0.15) is 0 Å². The van der Waals surface area contributed by atoms with Crippen LogP contribution in [0.3, 0.4) is 0 Å². The van der Waals surface area contributed by atoms with Crippen LogP contribution in [0.1, 0.15) is 5.82 Å². The number of hydrogen-bond donors (Lipinski definition) is 1. The summed E-state index contributed by atoms with van der Waals surface area (Å²) < 4.78 is 3.32. The van der Waals surface area contributed by atoms with E-state index >= 15 is 0 Å². The van der Waals surface area contributed by atoms with Crippen LogP contribution in [0, 0.1) is 0 Å². The molecule has 1 aliphatic rings. The number of hydrogen-bond acceptors (Lipinski definition) is 7. The van der Waals surface area contributed by atoms with Crippen LogP contribution in [0.4, 0.5) is 5.95 Å². The first-order valence-corrected chi connectivity index (χ1v) is 7.11. The number of rotatable bonds is 4. The molecular weight excluding hydrogens is 286 g/mol. The van der Waals surface area contributed by atoms with Crippen LogP contribution < -0.4 is 5.73 Å². The number of piperazine rings is 1. The molecule has 0 spiro atoms. The molecule has 0 saturated carbocycles. The molecule has 3 rings (SSSR count). The molecule has 1 aliphatic heterocycles. The zero-order valence-corrected chi connectivity index (χ0v) is 12.5. The maximum absolute atomic E-state index is 12.2. The fourth-order valence-electron chi connectivity index (χ4n) is 2.46. The molecule has 0 aliphatic carbocycles. The Morgan fingerprint density at radius 2 is 2.09 bits per heavy atom. The number of aryl methyl sites for hydroxylation is 1. The maximum Gasteiger partial charge on any atom is 0.244 e. The first-order valence-electron chi connectivity index (χ1n) is 7.11. The lowest BCUT2D eigenvalue weighted by molar-refractivity contribution is -0.133. The smallest absolute Gasteiger partial charge is 0.244 e. The third-order valence-electron chi connectivity index (χ3n) is 3.86. The number of carbonyl (C=O) groups is 1. The first kappa shape index (κ1) is 14.4. The molecule has 1 saturated heterocycles. The lowest BCUT2D eigenvalue weighted by Crippen LogP contribution is -2.49. The number of amides is 1. The second-order valence-corrected chi connectivity index (χ2v) is 5.31. The molecule has 3 heterocycles. The highest BCUT2D eigenvalue weighted by Gasteiger charge is 2.22. The Labute approximate surface area is 127 Å². The van der Waals surface area contributed by atoms with E-state index in [0.717, 1.165) is 25.5 Å². The Morgan fingerprint density at radius 1 is 1.32 bits per heavy atom. The molecule has 1 amide bonds. The van der Waals surface area contributed by atoms with Gasteiger partial charge in [-0.05, 0) is 10.4 Å². The van der Waals surface area contributed by atoms with Crippen LogP contribution in [-0.4, -0.2) is 71.6 Å². The average Bonchev–Trinajstić information content (AvgIpc) is 3.09. The summed E-state index contributed by atoms with van der Waals surface area (Å²) in [5.74, 6) is 1.17. The lowest BCUT2D eigenvalue weighted by atomic mass is 10.3. The average molecular weight is 305 g/mol. The van der Waals surface area contributed by atoms with Gasteiger partial charge in [0, 0.05) is 45.6 Å². The summed E-state index contributed by atoms with van der Waals surface area (Å²) in [4.78, 5) is 20.6. The van der Waals surface area contributed by atoms with Crippen molar-refractivity contribution in [2.24, 2.45) is 7.05 Å². The fourth-order valence-corrected chi connectivity index (χ4v) is 2.46. The molecule has 2 aromatic heterocycles. The van der Waals surface area contributed by atoms with Gasteiger partial charge < -0.3 is 15.2 Å². The van der Waals surface area contributed by atoms with Crippen molar-refractivity contribution < 1.29 is 4.79 Å². The summed E-state index contributed by atoms with van der Waals surface area (Å²) in [6.45, 7) is 3.90. The van der Waals surface area contributed by atoms with Crippen molar-refractivity contribution in [3.05, 3.63) is 18.2 Å². The van der Waals surface area contributed by atoms with E-state index in [0.29, 0.717) is 13.1 Å². The van der Waals surface area contributed by atoms with Gasteiger partial charge in [0.05, 0.1) is 6.54 Å². The molecule has 22 heavy (non-hydrogen) atoms. The Balaban J connectivity index is 1.50. The molecule has 0 radical (unpaired) electrons. The number of carbonyl (C=O) groups excluding carboxylic acids is 1. The van der Waals surface area contributed by atoms with E-state index in [1.165, 1.54) is 4.68 Å². The van der Waals surface area contributed by atoms with E-state index in [1.807, 2.05) is 22.7 Å². The number of nitrogen functional groups attached to an aromatic ring is 1. The summed E-state index contributed by atoms with van der Waals surface area (Å²) >= 11 is 0. The van der Waals surface area contributed by atoms with Crippen molar-refractivity contribution in [3.8, 4) is 0 Å². The monoisotopic (exact) mass is 305 g/mol. The molecule has 118 valence electrons. The van der Waals surface area contributed by atoms with Gasteiger partial charge in [-0.15, -0.1) is 0 Å². The molecule has 0 aromatic carbocycles. The van der Waals surface area contributed by atoms with Crippen LogP contribution >= 0.6 is 0 Å². The van der Waals surface area contributed by atoms with Gasteiger partial charge in [0.15, 0.2) is 0 Å². The number of anilines is 1. The Bertz CT molecular complexity index is 641. The van der Waals surface area contributed by atoms with E-state index in [9.17, 15) is 4.79 Å². The predicted octanol–water partition coefficient (Wildman–Crippen LogP) is -1.67. The molecular formula is C12H19N9O. The standard InChI is InChI=1S/C12H19N9O/c1-18-3-2-14-10(18)8-19-4-6-20(7-5-19)11(22)9-21-12(13)15-16-17-21/h2-3H,4-9H2,1H3,(H2,13,15,17). The van der Waals surface area contributed by atoms with E-state index in [1.54, 1.807) is 6.20 Å². The SMILES string of the molecule is Cn1ccnc1CN1CCN(C(=O)Cn2nnnc2N)CC1. The van der Waals surface area contributed by atoms with Crippen LogP contribution in [-0.2, 0) is 24.9 Å². The molecule has 10 nitrogen and oxygen atoms in total. The summed E-state index contributed by atoms with van der Waals surface area (Å²) in [5, 5.41) is 10.7. The summed E-state index contributed by atoms with van der Waals surface area (Å²) in [6.07, 6.45) is 3.73. The van der Waals surface area contributed by atoms with Crippen molar-refractivity contribution in [2.75, 3.05) is 31.9 Å². The van der Waals surface area contributed by atoms with Gasteiger partial charge in [-0.25, -0.2) is 9.67 Å². The van der Waals surface area contributed by atoms with E-state index in [4.69, 9.17) is 5.73 Å². The van der Waals surface area contributed by atoms with Gasteiger partial charge in [-0.3, -0.25) is 9.69 Å². The summed E-state index contributed by atoms with van der Waals surface area (Å²) in [5.41, 5.74) is 5.57. The zero-order chi connectivity index (χ0) is 15.5. The second-order valence-electron chi connectivity index (χ2n) is 5.31. The number of nitrogens with two attached hydrogens (primary N) is 1. The normalized spacial score (nSPS) is 16.1. The molecule has 0 atom stereocenters. The van der Waals surface area contributed by atoms with Gasteiger partial charge >= 0.3 is 0 Å². The molecule has 0 unspecified atom stereocenters. The van der Waals surface area contributed by atoms with Crippen molar-refractivity contribution in [1.29, 1.82) is 0 Å². The minimum absolute atomic E-state index is 0.0179. The van der Waals surface area contributed by atoms with Crippen molar-refractivity contribution in [3.63, 3.8) is 0 Å². The predicted molar refractivity (Wildman–Crippen MR) is 77.3 cm³/mol. The zero-order valence-electron chi connectivity index (χ0n) is 12.5. The summed E-state index contributed by atoms with van der Waals surface area (Å²) in [6, 6.07) is 0. The number of tetrazole rings is 1. The maximum atomic E-state index is 12.2. The Kier molecular flexibility index (Phi) is 4.00. The van der Waals surface area contributed by atoms with Crippen LogP contribution in [0.5, 0.6) is 0 Å². The third-order valence-corrected chi connectivity index (χ3v) is 3.86. The van der Waals surface area contributed by atoms with Gasteiger partial charge in [0.25, 0.3) is 0 Å². The minimum atomic E-state index is -0.0179. The van der Waals surface area contributed by atoms with Crippen LogP contribution in [0.2, 0.25) is 0 Å². The first-order chi connectivity index (χ1) is 10.6. The molecule has 2 N–H and O–H groups in total. The van der Waals surface area contributed by atoms with Gasteiger partial charge in [0.2, 0.25) is 11.9 Å². The highest BCUT2D eigenvalue weighted by molar-refractivity contribution is 5.76. The highest BCUT2D eigenvalue weighted by atomic mass is 16.2. The van der Waals surface area contributed by atoms with Gasteiger partial charge in [-0.1, -0.05) is 5.10 Å². The highest BCUT2D eigenvalue weighted by Crippen LogP contribution is 2.08. The lowest BCUT2D eigenvalue weighted by Gasteiger charge is -2.34. The number of nitrogens with zero attached hydrogens (tertiary/aromatic N) is 8. The van der Waals surface area contributed by atoms with Crippen molar-refractivity contribution in [1.82, 2.24) is 39.6 Å². The second kappa shape index (κ2) is 6.10. The van der Waals surface area contributed by atoms with Crippen molar-refractivity contribution in [2.45, 2.75) is 13.1 Å². The number of aromatic nitrogens is 6. The molecule has 1 fully saturated rings. The quantitative estimate of drug-likeness (QED) is 0.719. The van der Waals surface area contributed by atoms with Crippen LogP contribution in [0.15, 0.2) is 12.4 Å². The third kappa shape index (κ3) is 3.06. The van der Waals surface area contributed by atoms with E-state index in [-0.39, 0.29) is 18.4 Å². The van der Waals surface area contributed by atoms with E-state index in [2.05, 4.69) is 25.4 Å². The minimum Gasteiger partial charge on any atom is -0.367 e. The topological polar surface area (TPSA) is 111 Å². The summed E-state index contributed by atoms with van der Waals surface area (Å²) in [7, 11) is 1.98. The van der Waals surface area contributed by atoms with E-state index < -0.39 is 0 Å². The molecule has 2 aromatic rings. The Hall–Kier alpha value is -2.49. The largest absolute Gasteiger partial charge is 0.367 e. The molecule has 10 heteroatoms. The van der Waals surface area contributed by atoms with Crippen LogP contribution in [0.25, 0.3) is 0 Å². The van der Waals surface area contributed by atoms with Gasteiger partial charge in [0.1, 0.15) is 12.4 Å². The Morgan fingerprint density at radius 3 is 2.68 bits per heavy atom. The van der Waals surface area contributed by atoms with Crippen molar-refractivity contribution >= 4 is 11.9 Å². The number of imidazole rings is 1. The molecule has 0 bridgehead atoms.